The van der Waals surface area contributed by atoms with Crippen LogP contribution in [-0.4, -0.2) is 6.18 Å². The maximum atomic E-state index is 11.7. The van der Waals surface area contributed by atoms with Crippen LogP contribution in [0.4, 0.5) is 17.6 Å². The molecule has 0 heterocycles. The van der Waals surface area contributed by atoms with Gasteiger partial charge in [0, 0.05) is 0 Å². The molecule has 0 radical (unpaired) electrons. The first-order valence-electron chi connectivity index (χ1n) is 2.77. The topological polar surface area (TPSA) is 0 Å². The van der Waals surface area contributed by atoms with E-state index in [-0.39, 0.29) is 6.33 Å². The highest BCUT2D eigenvalue weighted by Gasteiger charge is 2.35. The molecule has 0 spiro atoms. The summed E-state index contributed by atoms with van der Waals surface area (Å²) in [6, 6.07) is 0. The smallest absolute Gasteiger partial charge is 0.215 e. The van der Waals surface area contributed by atoms with Crippen LogP contribution in [0, 0.1) is 5.92 Å². The number of allylic oxidation sites excluding steroid dienone is 1. The van der Waals surface area contributed by atoms with Crippen LogP contribution in [0.1, 0.15) is 13.8 Å². The number of hydrogen-bond donors (Lipinski definition) is 0. The maximum Gasteiger partial charge on any atom is 0.415 e. The minimum Gasteiger partial charge on any atom is -0.215 e. The van der Waals surface area contributed by atoms with Crippen LogP contribution in [0.3, 0.4) is 0 Å². The summed E-state index contributed by atoms with van der Waals surface area (Å²) in [5, 5.41) is 0. The summed E-state index contributed by atoms with van der Waals surface area (Å²) in [6.45, 7) is 2.58. The Kier molecular flexibility index (Phi) is 2.87. The van der Waals surface area contributed by atoms with Crippen molar-refractivity contribution in [2.45, 2.75) is 20.0 Å². The predicted molar refractivity (Wildman–Crippen MR) is 30.1 cm³/mol. The van der Waals surface area contributed by atoms with Crippen LogP contribution in [0.25, 0.3) is 0 Å². The Balaban J connectivity index is 4.40. The van der Waals surface area contributed by atoms with Crippen molar-refractivity contribution in [1.82, 2.24) is 0 Å². The lowest BCUT2D eigenvalue weighted by atomic mass is 10.1. The lowest BCUT2D eigenvalue weighted by Crippen LogP contribution is -2.15. The van der Waals surface area contributed by atoms with Crippen molar-refractivity contribution in [3.63, 3.8) is 0 Å². The van der Waals surface area contributed by atoms with Crippen molar-refractivity contribution >= 4 is 0 Å². The molecule has 0 aromatic rings. The summed E-state index contributed by atoms with van der Waals surface area (Å²) in [5.74, 6) is -0.815. The highest BCUT2D eigenvalue weighted by Crippen LogP contribution is 2.30. The van der Waals surface area contributed by atoms with Gasteiger partial charge in [0.05, 0.1) is 11.9 Å². The minimum absolute atomic E-state index is 0.384. The van der Waals surface area contributed by atoms with E-state index in [9.17, 15) is 17.6 Å². The van der Waals surface area contributed by atoms with Gasteiger partial charge in [-0.3, -0.25) is 0 Å². The van der Waals surface area contributed by atoms with Gasteiger partial charge in [0.1, 0.15) is 0 Å². The first kappa shape index (κ1) is 9.46. The van der Waals surface area contributed by atoms with Crippen LogP contribution in [0.5, 0.6) is 0 Å². The van der Waals surface area contributed by atoms with Crippen molar-refractivity contribution < 1.29 is 17.6 Å². The van der Waals surface area contributed by atoms with E-state index in [2.05, 4.69) is 0 Å². The average Bonchev–Trinajstić information content (AvgIpc) is 1.60. The normalized spacial score (nSPS) is 14.5. The number of halogens is 4. The van der Waals surface area contributed by atoms with Crippen LogP contribution in [0.15, 0.2) is 11.9 Å². The molecule has 0 rings (SSSR count). The van der Waals surface area contributed by atoms with Crippen molar-refractivity contribution in [2.75, 3.05) is 0 Å². The van der Waals surface area contributed by atoms with E-state index in [4.69, 9.17) is 0 Å². The highest BCUT2D eigenvalue weighted by molar-refractivity contribution is 5.07. The molecule has 0 unspecified atom stereocenters. The second kappa shape index (κ2) is 3.03. The van der Waals surface area contributed by atoms with Crippen LogP contribution in [0.2, 0.25) is 0 Å². The Morgan fingerprint density at radius 3 is 1.70 bits per heavy atom. The van der Waals surface area contributed by atoms with Gasteiger partial charge in [-0.15, -0.1) is 0 Å². The molecule has 0 saturated carbocycles. The molecule has 0 bridgehead atoms. The molecule has 0 aliphatic heterocycles. The van der Waals surface area contributed by atoms with Gasteiger partial charge in [-0.1, -0.05) is 13.8 Å². The Labute approximate surface area is 56.5 Å². The number of alkyl halides is 3. The lowest BCUT2D eigenvalue weighted by Gasteiger charge is -2.12. The molecule has 60 valence electrons. The van der Waals surface area contributed by atoms with E-state index in [1.165, 1.54) is 13.8 Å². The average molecular weight is 156 g/mol. The fourth-order valence-corrected chi connectivity index (χ4v) is 0.515. The molecule has 0 aromatic carbocycles. The van der Waals surface area contributed by atoms with Gasteiger partial charge in [0.2, 0.25) is 0 Å². The predicted octanol–water partition coefficient (Wildman–Crippen LogP) is 3.06. The Hall–Kier alpha value is -0.540. The van der Waals surface area contributed by atoms with Gasteiger partial charge in [-0.2, -0.15) is 13.2 Å². The van der Waals surface area contributed by atoms with Gasteiger partial charge in [-0.05, 0) is 5.92 Å². The molecular weight excluding hydrogens is 148 g/mol. The zero-order chi connectivity index (χ0) is 8.36. The number of rotatable bonds is 1. The molecule has 0 nitrogen and oxygen atoms in total. The third kappa shape index (κ3) is 2.37. The fraction of sp³-hybridized carbons (Fsp3) is 0.667. The second-order valence-corrected chi connectivity index (χ2v) is 2.22. The zero-order valence-corrected chi connectivity index (χ0v) is 5.67. The second-order valence-electron chi connectivity index (χ2n) is 2.22. The SMILES string of the molecule is CC(C)/C(=C\F)C(F)(F)F. The quantitative estimate of drug-likeness (QED) is 0.512. The Bertz CT molecular complexity index is 131. The van der Waals surface area contributed by atoms with E-state index in [0.717, 1.165) is 0 Å². The molecule has 0 saturated heterocycles. The van der Waals surface area contributed by atoms with E-state index in [0.29, 0.717) is 0 Å². The van der Waals surface area contributed by atoms with E-state index < -0.39 is 17.7 Å². The first-order chi connectivity index (χ1) is 4.39. The molecule has 0 aliphatic carbocycles. The number of hydrogen-bond acceptors (Lipinski definition) is 0. The minimum atomic E-state index is -4.52. The van der Waals surface area contributed by atoms with Crippen molar-refractivity contribution in [3.05, 3.63) is 11.9 Å². The molecule has 0 amide bonds. The standard InChI is InChI=1S/C6H8F4/c1-4(2)5(3-7)6(8,9)10/h3-4H,1-2H3/b5-3+. The molecular formula is C6H8F4. The molecule has 0 atom stereocenters. The van der Waals surface area contributed by atoms with Crippen LogP contribution < -0.4 is 0 Å². The van der Waals surface area contributed by atoms with Crippen LogP contribution in [-0.2, 0) is 0 Å². The van der Waals surface area contributed by atoms with Crippen molar-refractivity contribution in [3.8, 4) is 0 Å². The molecule has 4 heteroatoms. The highest BCUT2D eigenvalue weighted by atomic mass is 19.4. The molecule has 0 fully saturated rings. The van der Waals surface area contributed by atoms with Gasteiger partial charge in [-0.25, -0.2) is 4.39 Å². The van der Waals surface area contributed by atoms with Crippen molar-refractivity contribution in [2.24, 2.45) is 5.92 Å². The lowest BCUT2D eigenvalue weighted by molar-refractivity contribution is -0.0986. The van der Waals surface area contributed by atoms with Gasteiger partial charge in [0.15, 0.2) is 0 Å². The summed E-state index contributed by atoms with van der Waals surface area (Å²) in [6.07, 6.45) is -4.91. The van der Waals surface area contributed by atoms with Crippen LogP contribution >= 0.6 is 0 Å². The molecule has 10 heavy (non-hydrogen) atoms. The largest absolute Gasteiger partial charge is 0.415 e. The van der Waals surface area contributed by atoms with E-state index in [1.54, 1.807) is 0 Å². The molecule has 0 aromatic heterocycles. The Morgan fingerprint density at radius 1 is 1.30 bits per heavy atom. The fourth-order valence-electron chi connectivity index (χ4n) is 0.515. The monoisotopic (exact) mass is 156 g/mol. The third-order valence-corrected chi connectivity index (χ3v) is 1.07. The van der Waals surface area contributed by atoms with Gasteiger partial charge in [0.25, 0.3) is 0 Å². The summed E-state index contributed by atoms with van der Waals surface area (Å²) in [5.41, 5.74) is -1.12. The van der Waals surface area contributed by atoms with Crippen molar-refractivity contribution in [1.29, 1.82) is 0 Å². The molecule has 0 N–H and O–H groups in total. The molecule has 0 aliphatic rings. The van der Waals surface area contributed by atoms with E-state index >= 15 is 0 Å². The first-order valence-corrected chi connectivity index (χ1v) is 2.77. The maximum absolute atomic E-state index is 11.7. The van der Waals surface area contributed by atoms with Gasteiger partial charge >= 0.3 is 6.18 Å². The summed E-state index contributed by atoms with van der Waals surface area (Å²) in [7, 11) is 0. The Morgan fingerprint density at radius 2 is 1.70 bits per heavy atom. The summed E-state index contributed by atoms with van der Waals surface area (Å²) in [4.78, 5) is 0. The zero-order valence-electron chi connectivity index (χ0n) is 5.67. The summed E-state index contributed by atoms with van der Waals surface area (Å²) >= 11 is 0. The summed E-state index contributed by atoms with van der Waals surface area (Å²) < 4.78 is 46.5. The third-order valence-electron chi connectivity index (χ3n) is 1.07. The van der Waals surface area contributed by atoms with E-state index in [1.807, 2.05) is 0 Å². The van der Waals surface area contributed by atoms with Gasteiger partial charge < -0.3 is 0 Å².